The van der Waals surface area contributed by atoms with Gasteiger partial charge < -0.3 is 11.1 Å². The topological polar surface area (TPSA) is 98.3 Å². The van der Waals surface area contributed by atoms with E-state index >= 15 is 0 Å². The van der Waals surface area contributed by atoms with Crippen LogP contribution in [-0.2, 0) is 4.79 Å². The normalized spacial score (nSPS) is 11.9. The van der Waals surface area contributed by atoms with Crippen molar-refractivity contribution in [3.8, 4) is 0 Å². The van der Waals surface area contributed by atoms with Gasteiger partial charge in [-0.15, -0.1) is 0 Å². The van der Waals surface area contributed by atoms with Crippen molar-refractivity contribution in [2.75, 3.05) is 5.32 Å². The van der Waals surface area contributed by atoms with Crippen LogP contribution in [0.3, 0.4) is 0 Å². The third-order valence-electron chi connectivity index (χ3n) is 2.40. The highest BCUT2D eigenvalue weighted by atomic mass is 35.5. The fourth-order valence-electron chi connectivity index (χ4n) is 1.35. The van der Waals surface area contributed by atoms with Crippen molar-refractivity contribution in [3.05, 3.63) is 33.3 Å². The number of hydrogen-bond acceptors (Lipinski definition) is 4. The van der Waals surface area contributed by atoms with Crippen LogP contribution >= 0.6 is 11.6 Å². The molecule has 1 atom stereocenters. The Kier molecular flexibility index (Phi) is 5.06. The number of benzene rings is 1. The number of nitro benzene ring substituents is 1. The molecule has 1 aromatic rings. The summed E-state index contributed by atoms with van der Waals surface area (Å²) in [5.74, 6) is -0.366. The van der Waals surface area contributed by atoms with Gasteiger partial charge in [-0.2, -0.15) is 0 Å². The first-order valence-corrected chi connectivity index (χ1v) is 5.81. The number of hydrogen-bond donors (Lipinski definition) is 2. The standard InChI is InChI=1S/C11H14ClN3O3/c1-2-8(13)6-11(16)14-9-5-7(12)3-4-10(9)15(17)18/h3-5,8H,2,6,13H2,1H3,(H,14,16). The zero-order chi connectivity index (χ0) is 13.7. The first kappa shape index (κ1) is 14.4. The van der Waals surface area contributed by atoms with Gasteiger partial charge in [0.05, 0.1) is 4.92 Å². The summed E-state index contributed by atoms with van der Waals surface area (Å²) in [6, 6.07) is 3.73. The first-order chi connectivity index (χ1) is 8.43. The maximum Gasteiger partial charge on any atom is 0.292 e. The van der Waals surface area contributed by atoms with Crippen LogP contribution in [0.2, 0.25) is 5.02 Å². The van der Waals surface area contributed by atoms with Crippen LogP contribution in [0, 0.1) is 10.1 Å². The summed E-state index contributed by atoms with van der Waals surface area (Å²) in [6.45, 7) is 1.86. The SMILES string of the molecule is CCC(N)CC(=O)Nc1cc(Cl)ccc1[N+](=O)[O-]. The van der Waals surface area contributed by atoms with Gasteiger partial charge in [0.2, 0.25) is 5.91 Å². The van der Waals surface area contributed by atoms with E-state index in [0.717, 1.165) is 0 Å². The van der Waals surface area contributed by atoms with Gasteiger partial charge in [-0.05, 0) is 18.6 Å². The number of nitrogens with one attached hydrogen (secondary N) is 1. The molecule has 0 aromatic heterocycles. The van der Waals surface area contributed by atoms with Crippen LogP contribution < -0.4 is 11.1 Å². The van der Waals surface area contributed by atoms with Crippen molar-refractivity contribution in [2.45, 2.75) is 25.8 Å². The molecule has 6 nitrogen and oxygen atoms in total. The maximum atomic E-state index is 11.6. The Morgan fingerprint density at radius 1 is 1.61 bits per heavy atom. The van der Waals surface area contributed by atoms with Crippen molar-refractivity contribution in [1.29, 1.82) is 0 Å². The van der Waals surface area contributed by atoms with Crippen molar-refractivity contribution in [2.24, 2.45) is 5.73 Å². The molecule has 0 saturated heterocycles. The summed E-state index contributed by atoms with van der Waals surface area (Å²) in [7, 11) is 0. The zero-order valence-corrected chi connectivity index (χ0v) is 10.6. The maximum absolute atomic E-state index is 11.6. The molecule has 18 heavy (non-hydrogen) atoms. The van der Waals surface area contributed by atoms with Gasteiger partial charge in [0.1, 0.15) is 5.69 Å². The number of carbonyl (C=O) groups excluding carboxylic acids is 1. The largest absolute Gasteiger partial charge is 0.327 e. The summed E-state index contributed by atoms with van der Waals surface area (Å²) in [4.78, 5) is 21.8. The number of amides is 1. The Bertz CT molecular complexity index is 465. The van der Waals surface area contributed by atoms with Crippen LogP contribution in [0.25, 0.3) is 0 Å². The minimum Gasteiger partial charge on any atom is -0.327 e. The van der Waals surface area contributed by atoms with E-state index in [-0.39, 0.29) is 29.7 Å². The van der Waals surface area contributed by atoms with Gasteiger partial charge in [0.15, 0.2) is 0 Å². The minimum absolute atomic E-state index is 0.0841. The molecular weight excluding hydrogens is 258 g/mol. The fourth-order valence-corrected chi connectivity index (χ4v) is 1.52. The van der Waals surface area contributed by atoms with Crippen LogP contribution in [0.4, 0.5) is 11.4 Å². The zero-order valence-electron chi connectivity index (χ0n) is 9.85. The summed E-state index contributed by atoms with van der Waals surface area (Å²) in [6.07, 6.45) is 0.769. The van der Waals surface area contributed by atoms with Crippen LogP contribution in [0.15, 0.2) is 18.2 Å². The summed E-state index contributed by atoms with van der Waals surface area (Å²) < 4.78 is 0. The van der Waals surface area contributed by atoms with Crippen molar-refractivity contribution in [1.82, 2.24) is 0 Å². The monoisotopic (exact) mass is 271 g/mol. The van der Waals surface area contributed by atoms with Crippen LogP contribution in [-0.4, -0.2) is 16.9 Å². The number of anilines is 1. The van der Waals surface area contributed by atoms with Crippen molar-refractivity contribution >= 4 is 28.9 Å². The van der Waals surface area contributed by atoms with Gasteiger partial charge in [-0.1, -0.05) is 18.5 Å². The Labute approximate surface area is 109 Å². The second-order valence-electron chi connectivity index (χ2n) is 3.84. The predicted octanol–water partition coefficient (Wildman–Crippen LogP) is 2.31. The van der Waals surface area contributed by atoms with E-state index in [2.05, 4.69) is 5.32 Å². The third kappa shape index (κ3) is 3.97. The van der Waals surface area contributed by atoms with Gasteiger partial charge in [0.25, 0.3) is 5.69 Å². The highest BCUT2D eigenvalue weighted by Gasteiger charge is 2.17. The number of carbonyl (C=O) groups is 1. The summed E-state index contributed by atoms with van der Waals surface area (Å²) >= 11 is 5.74. The van der Waals surface area contributed by atoms with Gasteiger partial charge in [0, 0.05) is 23.6 Å². The molecule has 0 saturated carbocycles. The Hall–Kier alpha value is -1.66. The highest BCUT2D eigenvalue weighted by Crippen LogP contribution is 2.27. The summed E-state index contributed by atoms with van der Waals surface area (Å²) in [5, 5.41) is 13.5. The molecule has 1 rings (SSSR count). The van der Waals surface area contributed by atoms with Crippen molar-refractivity contribution in [3.63, 3.8) is 0 Å². The number of nitrogens with two attached hydrogens (primary N) is 1. The molecule has 0 bridgehead atoms. The molecule has 0 radical (unpaired) electrons. The minimum atomic E-state index is -0.578. The lowest BCUT2D eigenvalue weighted by Gasteiger charge is -2.09. The van der Waals surface area contributed by atoms with E-state index in [9.17, 15) is 14.9 Å². The molecule has 0 spiro atoms. The lowest BCUT2D eigenvalue weighted by molar-refractivity contribution is -0.383. The molecule has 0 heterocycles. The fraction of sp³-hybridized carbons (Fsp3) is 0.364. The van der Waals surface area contributed by atoms with Gasteiger partial charge in [-0.3, -0.25) is 14.9 Å². The third-order valence-corrected chi connectivity index (χ3v) is 2.64. The quantitative estimate of drug-likeness (QED) is 0.634. The van der Waals surface area contributed by atoms with E-state index in [1.165, 1.54) is 18.2 Å². The number of rotatable bonds is 5. The number of halogens is 1. The van der Waals surface area contributed by atoms with E-state index in [1.54, 1.807) is 0 Å². The molecule has 1 aromatic carbocycles. The molecule has 7 heteroatoms. The predicted molar refractivity (Wildman–Crippen MR) is 69.6 cm³/mol. The Morgan fingerprint density at radius 2 is 2.28 bits per heavy atom. The van der Waals surface area contributed by atoms with Gasteiger partial charge >= 0.3 is 0 Å². The molecule has 3 N–H and O–H groups in total. The molecule has 0 fully saturated rings. The van der Waals surface area contributed by atoms with E-state index in [4.69, 9.17) is 17.3 Å². The lowest BCUT2D eigenvalue weighted by Crippen LogP contribution is -2.26. The van der Waals surface area contributed by atoms with Gasteiger partial charge in [-0.25, -0.2) is 0 Å². The average Bonchev–Trinajstić information content (AvgIpc) is 2.28. The lowest BCUT2D eigenvalue weighted by atomic mass is 10.1. The average molecular weight is 272 g/mol. The van der Waals surface area contributed by atoms with Crippen molar-refractivity contribution < 1.29 is 9.72 Å². The second kappa shape index (κ2) is 6.32. The van der Waals surface area contributed by atoms with E-state index in [1.807, 2.05) is 6.92 Å². The molecule has 0 aliphatic carbocycles. The molecule has 0 aliphatic heterocycles. The first-order valence-electron chi connectivity index (χ1n) is 5.43. The van der Waals surface area contributed by atoms with Crippen LogP contribution in [0.5, 0.6) is 0 Å². The number of nitrogens with zero attached hydrogens (tertiary/aromatic N) is 1. The van der Waals surface area contributed by atoms with Crippen LogP contribution in [0.1, 0.15) is 19.8 Å². The molecule has 0 aliphatic rings. The molecule has 98 valence electrons. The molecular formula is C11H14ClN3O3. The molecule has 1 amide bonds. The smallest absolute Gasteiger partial charge is 0.292 e. The van der Waals surface area contributed by atoms with E-state index < -0.39 is 4.92 Å². The van der Waals surface area contributed by atoms with E-state index in [0.29, 0.717) is 11.4 Å². The highest BCUT2D eigenvalue weighted by molar-refractivity contribution is 6.31. The second-order valence-corrected chi connectivity index (χ2v) is 4.28. The molecule has 1 unspecified atom stereocenters. The Morgan fingerprint density at radius 3 is 2.83 bits per heavy atom. The number of nitro groups is 1. The summed E-state index contributed by atoms with van der Waals surface area (Å²) in [5.41, 5.74) is 5.52. The Balaban J connectivity index is 2.86.